The van der Waals surface area contributed by atoms with Gasteiger partial charge in [-0.05, 0) is 11.6 Å². The van der Waals surface area contributed by atoms with Crippen molar-refractivity contribution in [3.8, 4) is 0 Å². The van der Waals surface area contributed by atoms with Crippen molar-refractivity contribution in [1.29, 1.82) is 0 Å². The molecule has 0 atom stereocenters. The number of benzene rings is 1. The topological polar surface area (TPSA) is 52.0 Å². The summed E-state index contributed by atoms with van der Waals surface area (Å²) in [5, 5.41) is 0. The summed E-state index contributed by atoms with van der Waals surface area (Å²) in [6.45, 7) is 0.734. The van der Waals surface area contributed by atoms with Crippen molar-refractivity contribution in [2.45, 2.75) is 5.75 Å². The van der Waals surface area contributed by atoms with Crippen LogP contribution in [0.5, 0.6) is 0 Å². The molecule has 66 valence electrons. The van der Waals surface area contributed by atoms with Gasteiger partial charge in [-0.15, -0.1) is 0 Å². The SMILES string of the molecule is NCCSCc1ccccc1N. The molecule has 0 fully saturated rings. The van der Waals surface area contributed by atoms with Gasteiger partial charge in [0.2, 0.25) is 0 Å². The van der Waals surface area contributed by atoms with E-state index in [2.05, 4.69) is 6.07 Å². The van der Waals surface area contributed by atoms with E-state index in [1.807, 2.05) is 30.0 Å². The Bertz CT molecular complexity index is 238. The maximum Gasteiger partial charge on any atom is 0.0355 e. The van der Waals surface area contributed by atoms with Crippen molar-refractivity contribution in [3.05, 3.63) is 29.8 Å². The Hall–Kier alpha value is -0.670. The quantitative estimate of drug-likeness (QED) is 0.547. The molecule has 0 aromatic heterocycles. The second-order valence-corrected chi connectivity index (χ2v) is 3.65. The van der Waals surface area contributed by atoms with Crippen LogP contribution in [0, 0.1) is 0 Å². The third kappa shape index (κ3) is 2.75. The van der Waals surface area contributed by atoms with Crippen molar-refractivity contribution < 1.29 is 0 Å². The number of rotatable bonds is 4. The third-order valence-electron chi connectivity index (χ3n) is 1.57. The van der Waals surface area contributed by atoms with Gasteiger partial charge in [-0.25, -0.2) is 0 Å². The molecule has 1 aromatic rings. The number of thioether (sulfide) groups is 1. The number of nitrogens with two attached hydrogens (primary N) is 2. The minimum absolute atomic E-state index is 0.734. The third-order valence-corrected chi connectivity index (χ3v) is 2.61. The molecule has 0 radical (unpaired) electrons. The first-order chi connectivity index (χ1) is 5.84. The first kappa shape index (κ1) is 9.42. The number of nitrogen functional groups attached to an aromatic ring is 1. The zero-order chi connectivity index (χ0) is 8.81. The van der Waals surface area contributed by atoms with Gasteiger partial charge in [0.25, 0.3) is 0 Å². The smallest absolute Gasteiger partial charge is 0.0355 e. The van der Waals surface area contributed by atoms with E-state index in [1.165, 1.54) is 5.56 Å². The van der Waals surface area contributed by atoms with Crippen molar-refractivity contribution in [1.82, 2.24) is 0 Å². The lowest BCUT2D eigenvalue weighted by Gasteiger charge is -2.03. The molecule has 0 bridgehead atoms. The lowest BCUT2D eigenvalue weighted by molar-refractivity contribution is 1.15. The molecular weight excluding hydrogens is 168 g/mol. The summed E-state index contributed by atoms with van der Waals surface area (Å²) in [7, 11) is 0. The number of hydrogen-bond acceptors (Lipinski definition) is 3. The highest BCUT2D eigenvalue weighted by atomic mass is 32.2. The second kappa shape index (κ2) is 5.06. The largest absolute Gasteiger partial charge is 0.398 e. The Kier molecular flexibility index (Phi) is 3.97. The molecule has 0 saturated carbocycles. The van der Waals surface area contributed by atoms with E-state index in [4.69, 9.17) is 11.5 Å². The highest BCUT2D eigenvalue weighted by Gasteiger charge is 1.96. The van der Waals surface area contributed by atoms with Gasteiger partial charge in [0.1, 0.15) is 0 Å². The Morgan fingerprint density at radius 3 is 2.67 bits per heavy atom. The van der Waals surface area contributed by atoms with E-state index < -0.39 is 0 Å². The molecule has 1 rings (SSSR count). The lowest BCUT2D eigenvalue weighted by atomic mass is 10.2. The molecule has 0 aliphatic heterocycles. The van der Waals surface area contributed by atoms with Gasteiger partial charge < -0.3 is 11.5 Å². The zero-order valence-electron chi connectivity index (χ0n) is 6.99. The summed E-state index contributed by atoms with van der Waals surface area (Å²) >= 11 is 1.82. The monoisotopic (exact) mass is 182 g/mol. The summed E-state index contributed by atoms with van der Waals surface area (Å²) in [6, 6.07) is 7.94. The number of para-hydroxylation sites is 1. The van der Waals surface area contributed by atoms with Crippen molar-refractivity contribution in [2.75, 3.05) is 18.0 Å². The molecule has 3 heteroatoms. The molecule has 0 amide bonds. The van der Waals surface area contributed by atoms with E-state index in [9.17, 15) is 0 Å². The standard InChI is InChI=1S/C9H14N2S/c10-5-6-12-7-8-3-1-2-4-9(8)11/h1-4H,5-7,10-11H2. The van der Waals surface area contributed by atoms with Crippen LogP contribution in [0.4, 0.5) is 5.69 Å². The van der Waals surface area contributed by atoms with Gasteiger partial charge in [-0.1, -0.05) is 18.2 Å². The van der Waals surface area contributed by atoms with Crippen molar-refractivity contribution >= 4 is 17.4 Å². The molecule has 0 heterocycles. The molecule has 4 N–H and O–H groups in total. The minimum Gasteiger partial charge on any atom is -0.398 e. The zero-order valence-corrected chi connectivity index (χ0v) is 7.81. The summed E-state index contributed by atoms with van der Waals surface area (Å²) in [5.41, 5.74) is 13.2. The summed E-state index contributed by atoms with van der Waals surface area (Å²) in [6.07, 6.45) is 0. The first-order valence-electron chi connectivity index (χ1n) is 3.96. The predicted molar refractivity (Wildman–Crippen MR) is 56.1 cm³/mol. The van der Waals surface area contributed by atoms with Crippen LogP contribution >= 0.6 is 11.8 Å². The van der Waals surface area contributed by atoms with Gasteiger partial charge in [-0.2, -0.15) is 11.8 Å². The Morgan fingerprint density at radius 2 is 2.00 bits per heavy atom. The van der Waals surface area contributed by atoms with Gasteiger partial charge in [0, 0.05) is 23.7 Å². The Balaban J connectivity index is 2.46. The summed E-state index contributed by atoms with van der Waals surface area (Å²) < 4.78 is 0. The normalized spacial score (nSPS) is 10.1. The molecule has 1 aromatic carbocycles. The maximum atomic E-state index is 5.76. The predicted octanol–water partition coefficient (Wildman–Crippen LogP) is 1.46. The minimum atomic E-state index is 0.734. The molecule has 0 aliphatic carbocycles. The lowest BCUT2D eigenvalue weighted by Crippen LogP contribution is -2.01. The molecule has 2 nitrogen and oxygen atoms in total. The van der Waals surface area contributed by atoms with Gasteiger partial charge in [0.15, 0.2) is 0 Å². The van der Waals surface area contributed by atoms with Gasteiger partial charge >= 0.3 is 0 Å². The second-order valence-electron chi connectivity index (χ2n) is 2.54. The molecule has 12 heavy (non-hydrogen) atoms. The van der Waals surface area contributed by atoms with Crippen LogP contribution in [0.25, 0.3) is 0 Å². The number of anilines is 1. The van der Waals surface area contributed by atoms with Crippen LogP contribution in [-0.2, 0) is 5.75 Å². The molecule has 0 unspecified atom stereocenters. The average Bonchev–Trinajstić information content (AvgIpc) is 2.09. The summed E-state index contributed by atoms with van der Waals surface area (Å²) in [5.74, 6) is 1.96. The maximum absolute atomic E-state index is 5.76. The number of hydrogen-bond donors (Lipinski definition) is 2. The Morgan fingerprint density at radius 1 is 1.25 bits per heavy atom. The fourth-order valence-corrected chi connectivity index (χ4v) is 1.72. The van der Waals surface area contributed by atoms with Crippen LogP contribution in [0.2, 0.25) is 0 Å². The Labute approximate surface area is 77.3 Å². The average molecular weight is 182 g/mol. The van der Waals surface area contributed by atoms with Crippen molar-refractivity contribution in [2.24, 2.45) is 5.73 Å². The van der Waals surface area contributed by atoms with Crippen LogP contribution in [0.15, 0.2) is 24.3 Å². The van der Waals surface area contributed by atoms with Gasteiger partial charge in [0.05, 0.1) is 0 Å². The molecular formula is C9H14N2S. The van der Waals surface area contributed by atoms with Crippen molar-refractivity contribution in [3.63, 3.8) is 0 Å². The van der Waals surface area contributed by atoms with Gasteiger partial charge in [-0.3, -0.25) is 0 Å². The molecule has 0 spiro atoms. The highest BCUT2D eigenvalue weighted by molar-refractivity contribution is 7.98. The summed E-state index contributed by atoms with van der Waals surface area (Å²) in [4.78, 5) is 0. The first-order valence-corrected chi connectivity index (χ1v) is 5.11. The fourth-order valence-electron chi connectivity index (χ4n) is 0.931. The van der Waals surface area contributed by atoms with E-state index in [1.54, 1.807) is 0 Å². The van der Waals surface area contributed by atoms with E-state index in [-0.39, 0.29) is 0 Å². The molecule has 0 saturated heterocycles. The van der Waals surface area contributed by atoms with Crippen LogP contribution in [-0.4, -0.2) is 12.3 Å². The van der Waals surface area contributed by atoms with E-state index in [0.29, 0.717) is 0 Å². The van der Waals surface area contributed by atoms with E-state index >= 15 is 0 Å². The van der Waals surface area contributed by atoms with E-state index in [0.717, 1.165) is 23.7 Å². The van der Waals surface area contributed by atoms with Crippen LogP contribution in [0.1, 0.15) is 5.56 Å². The molecule has 0 aliphatic rings. The van der Waals surface area contributed by atoms with Crippen LogP contribution < -0.4 is 11.5 Å². The highest BCUT2D eigenvalue weighted by Crippen LogP contribution is 2.17. The van der Waals surface area contributed by atoms with Crippen LogP contribution in [0.3, 0.4) is 0 Å². The fraction of sp³-hybridized carbons (Fsp3) is 0.333.